The molecule has 0 bridgehead atoms. The number of benzene rings is 1. The van der Waals surface area contributed by atoms with Crippen LogP contribution in [0.2, 0.25) is 5.02 Å². The molecule has 0 spiro atoms. The lowest BCUT2D eigenvalue weighted by molar-refractivity contribution is -0.127. The minimum Gasteiger partial charge on any atom is -0.350 e. The Balaban J connectivity index is 1.71. The molecule has 1 aromatic heterocycles. The van der Waals surface area contributed by atoms with Gasteiger partial charge in [-0.3, -0.25) is 9.78 Å². The summed E-state index contributed by atoms with van der Waals surface area (Å²) in [4.78, 5) is 19.3. The highest BCUT2D eigenvalue weighted by molar-refractivity contribution is 6.30. The maximum absolute atomic E-state index is 12.8. The third-order valence-electron chi connectivity index (χ3n) is 4.62. The Hall–Kier alpha value is -1.91. The number of aromatic nitrogens is 1. The van der Waals surface area contributed by atoms with Gasteiger partial charge in [-0.05, 0) is 55.8 Å². The fourth-order valence-corrected chi connectivity index (χ4v) is 3.43. The van der Waals surface area contributed by atoms with Crippen molar-refractivity contribution in [3.05, 3.63) is 64.9 Å². The molecule has 5 heteroatoms. The van der Waals surface area contributed by atoms with Crippen molar-refractivity contribution in [3.63, 3.8) is 0 Å². The van der Waals surface area contributed by atoms with E-state index in [1.807, 2.05) is 42.5 Å². The molecule has 0 saturated carbocycles. The summed E-state index contributed by atoms with van der Waals surface area (Å²) in [5.74, 6) is 0.253. The van der Waals surface area contributed by atoms with Crippen molar-refractivity contribution in [3.8, 4) is 0 Å². The minimum absolute atomic E-state index is 0.0614. The maximum atomic E-state index is 12.8. The second kappa shape index (κ2) is 7.77. The number of piperidine rings is 1. The number of hydrogen-bond donors (Lipinski definition) is 1. The Morgan fingerprint density at radius 3 is 2.79 bits per heavy atom. The molecule has 1 saturated heterocycles. The van der Waals surface area contributed by atoms with Crippen molar-refractivity contribution in [2.24, 2.45) is 5.92 Å². The number of carbonyl (C=O) groups excluding carboxylic acids is 1. The zero-order chi connectivity index (χ0) is 16.9. The van der Waals surface area contributed by atoms with Gasteiger partial charge in [0.05, 0.1) is 18.2 Å². The SMILES string of the molecule is CN1CCC(c2ccc(Cl)cc2)[C@H](C(=O)NCc2ccccn2)C1. The van der Waals surface area contributed by atoms with Gasteiger partial charge in [0.1, 0.15) is 0 Å². The van der Waals surface area contributed by atoms with Crippen LogP contribution < -0.4 is 5.32 Å². The Kier molecular flexibility index (Phi) is 5.48. The monoisotopic (exact) mass is 343 g/mol. The quantitative estimate of drug-likeness (QED) is 0.927. The van der Waals surface area contributed by atoms with E-state index in [-0.39, 0.29) is 17.7 Å². The normalized spacial score (nSPS) is 21.4. The second-order valence-corrected chi connectivity index (χ2v) is 6.79. The molecule has 1 aliphatic heterocycles. The summed E-state index contributed by atoms with van der Waals surface area (Å²) < 4.78 is 0. The van der Waals surface area contributed by atoms with Crippen molar-refractivity contribution >= 4 is 17.5 Å². The molecule has 1 N–H and O–H groups in total. The largest absolute Gasteiger partial charge is 0.350 e. The van der Waals surface area contributed by atoms with Gasteiger partial charge in [-0.25, -0.2) is 0 Å². The van der Waals surface area contributed by atoms with Crippen LogP contribution in [-0.4, -0.2) is 35.9 Å². The summed E-state index contributed by atoms with van der Waals surface area (Å²) in [6.45, 7) is 2.23. The molecular formula is C19H22ClN3O. The predicted molar refractivity (Wildman–Crippen MR) is 95.9 cm³/mol. The highest BCUT2D eigenvalue weighted by Gasteiger charge is 2.33. The van der Waals surface area contributed by atoms with Crippen LogP contribution in [0.4, 0.5) is 0 Å². The zero-order valence-electron chi connectivity index (χ0n) is 13.8. The van der Waals surface area contributed by atoms with Crippen LogP contribution in [0.1, 0.15) is 23.6 Å². The molecule has 24 heavy (non-hydrogen) atoms. The van der Waals surface area contributed by atoms with E-state index in [1.54, 1.807) is 6.20 Å². The summed E-state index contributed by atoms with van der Waals surface area (Å²) in [5.41, 5.74) is 2.06. The molecule has 1 unspecified atom stereocenters. The molecule has 0 aliphatic carbocycles. The number of pyridine rings is 1. The summed E-state index contributed by atoms with van der Waals surface area (Å²) in [5, 5.41) is 3.77. The van der Waals surface area contributed by atoms with E-state index >= 15 is 0 Å². The number of nitrogens with zero attached hydrogens (tertiary/aromatic N) is 2. The van der Waals surface area contributed by atoms with Crippen molar-refractivity contribution in [1.82, 2.24) is 15.2 Å². The number of rotatable bonds is 4. The summed E-state index contributed by atoms with van der Waals surface area (Å²) >= 11 is 6.00. The summed E-state index contributed by atoms with van der Waals surface area (Å²) in [6, 6.07) is 13.6. The van der Waals surface area contributed by atoms with Crippen LogP contribution >= 0.6 is 11.6 Å². The van der Waals surface area contributed by atoms with Gasteiger partial charge in [0, 0.05) is 17.8 Å². The number of nitrogens with one attached hydrogen (secondary N) is 1. The first-order chi connectivity index (χ1) is 11.6. The average Bonchev–Trinajstić information content (AvgIpc) is 2.61. The van der Waals surface area contributed by atoms with Crippen LogP contribution in [0.15, 0.2) is 48.7 Å². The van der Waals surface area contributed by atoms with E-state index in [2.05, 4.69) is 22.2 Å². The summed E-state index contributed by atoms with van der Waals surface area (Å²) in [6.07, 6.45) is 2.71. The lowest BCUT2D eigenvalue weighted by Gasteiger charge is -2.36. The fraction of sp³-hybridized carbons (Fsp3) is 0.368. The van der Waals surface area contributed by atoms with Gasteiger partial charge >= 0.3 is 0 Å². The first-order valence-electron chi connectivity index (χ1n) is 8.25. The molecule has 2 heterocycles. The van der Waals surface area contributed by atoms with Crippen molar-refractivity contribution in [2.75, 3.05) is 20.1 Å². The number of hydrogen-bond acceptors (Lipinski definition) is 3. The van der Waals surface area contributed by atoms with E-state index in [9.17, 15) is 4.79 Å². The lowest BCUT2D eigenvalue weighted by atomic mass is 9.80. The zero-order valence-corrected chi connectivity index (χ0v) is 14.5. The molecule has 126 valence electrons. The number of amides is 1. The third-order valence-corrected chi connectivity index (χ3v) is 4.87. The smallest absolute Gasteiger partial charge is 0.225 e. The van der Waals surface area contributed by atoms with Crippen molar-refractivity contribution < 1.29 is 4.79 Å². The Morgan fingerprint density at radius 1 is 1.29 bits per heavy atom. The maximum Gasteiger partial charge on any atom is 0.225 e. The molecule has 1 fully saturated rings. The minimum atomic E-state index is -0.0614. The van der Waals surface area contributed by atoms with Crippen LogP contribution in [-0.2, 0) is 11.3 Å². The molecule has 1 aliphatic rings. The highest BCUT2D eigenvalue weighted by Crippen LogP contribution is 2.33. The van der Waals surface area contributed by atoms with E-state index < -0.39 is 0 Å². The Morgan fingerprint density at radius 2 is 2.08 bits per heavy atom. The van der Waals surface area contributed by atoms with Crippen LogP contribution in [0.3, 0.4) is 0 Å². The van der Waals surface area contributed by atoms with Gasteiger partial charge in [-0.15, -0.1) is 0 Å². The first kappa shape index (κ1) is 16.9. The molecule has 1 amide bonds. The van der Waals surface area contributed by atoms with Gasteiger partial charge in [0.25, 0.3) is 0 Å². The standard InChI is InChI=1S/C19H22ClN3O/c1-23-11-9-17(14-5-7-15(20)8-6-14)18(13-23)19(24)22-12-16-4-2-3-10-21-16/h2-8,10,17-18H,9,11-13H2,1H3,(H,22,24)/t17?,18-/m1/s1. The number of likely N-dealkylation sites (tertiary alicyclic amines) is 1. The molecule has 3 rings (SSSR count). The first-order valence-corrected chi connectivity index (χ1v) is 8.63. The highest BCUT2D eigenvalue weighted by atomic mass is 35.5. The van der Waals surface area contributed by atoms with Crippen molar-refractivity contribution in [1.29, 1.82) is 0 Å². The van der Waals surface area contributed by atoms with E-state index in [0.29, 0.717) is 6.54 Å². The molecule has 4 nitrogen and oxygen atoms in total. The van der Waals surface area contributed by atoms with Gasteiger partial charge in [-0.2, -0.15) is 0 Å². The fourth-order valence-electron chi connectivity index (χ4n) is 3.30. The van der Waals surface area contributed by atoms with Gasteiger partial charge < -0.3 is 10.2 Å². The van der Waals surface area contributed by atoms with Crippen molar-refractivity contribution in [2.45, 2.75) is 18.9 Å². The third kappa shape index (κ3) is 4.13. The molecule has 1 aromatic carbocycles. The van der Waals surface area contributed by atoms with Gasteiger partial charge in [0.15, 0.2) is 0 Å². The Labute approximate surface area is 147 Å². The summed E-state index contributed by atoms with van der Waals surface area (Å²) in [7, 11) is 2.07. The van der Waals surface area contributed by atoms with Crippen LogP contribution in [0, 0.1) is 5.92 Å². The topological polar surface area (TPSA) is 45.2 Å². The van der Waals surface area contributed by atoms with Gasteiger partial charge in [-0.1, -0.05) is 29.8 Å². The predicted octanol–water partition coefficient (Wildman–Crippen LogP) is 3.09. The number of halogens is 1. The lowest BCUT2D eigenvalue weighted by Crippen LogP contribution is -2.45. The van der Waals surface area contributed by atoms with Crippen LogP contribution in [0.5, 0.6) is 0 Å². The number of carbonyl (C=O) groups is 1. The van der Waals surface area contributed by atoms with E-state index in [0.717, 1.165) is 30.2 Å². The molecule has 0 radical (unpaired) electrons. The molecule has 2 aromatic rings. The van der Waals surface area contributed by atoms with E-state index in [1.165, 1.54) is 5.56 Å². The van der Waals surface area contributed by atoms with Crippen LogP contribution in [0.25, 0.3) is 0 Å². The van der Waals surface area contributed by atoms with Gasteiger partial charge in [0.2, 0.25) is 5.91 Å². The second-order valence-electron chi connectivity index (χ2n) is 6.35. The molecule has 2 atom stereocenters. The Bertz CT molecular complexity index is 675. The van der Waals surface area contributed by atoms with E-state index in [4.69, 9.17) is 11.6 Å². The molecular weight excluding hydrogens is 322 g/mol. The average molecular weight is 344 g/mol.